The van der Waals surface area contributed by atoms with Gasteiger partial charge in [0.15, 0.2) is 4.67 Å². The molecule has 20 heavy (non-hydrogen) atoms. The maximum atomic E-state index is 12.3. The van der Waals surface area contributed by atoms with Gasteiger partial charge in [0.1, 0.15) is 4.90 Å². The molecule has 0 saturated heterocycles. The van der Waals surface area contributed by atoms with Gasteiger partial charge in [-0.2, -0.15) is 0 Å². The molecule has 6 nitrogen and oxygen atoms in total. The Hall–Kier alpha value is -0.860. The summed E-state index contributed by atoms with van der Waals surface area (Å²) in [6, 6.07) is 0.827. The number of halogens is 1. The van der Waals surface area contributed by atoms with Crippen molar-refractivity contribution in [1.82, 2.24) is 4.72 Å². The fourth-order valence-corrected chi connectivity index (χ4v) is 4.75. The summed E-state index contributed by atoms with van der Waals surface area (Å²) in [5.41, 5.74) is 0. The first-order valence-electron chi connectivity index (χ1n) is 6.36. The summed E-state index contributed by atoms with van der Waals surface area (Å²) in [5, 5.41) is 8.81. The topological polar surface area (TPSA) is 96.6 Å². The van der Waals surface area contributed by atoms with Crippen molar-refractivity contribution in [1.29, 1.82) is 0 Å². The van der Waals surface area contributed by atoms with Gasteiger partial charge in [-0.1, -0.05) is 12.8 Å². The summed E-state index contributed by atoms with van der Waals surface area (Å²) >= 11 is 2.95. The van der Waals surface area contributed by atoms with Crippen LogP contribution in [-0.2, 0) is 10.0 Å². The number of carbonyl (C=O) groups is 1. The van der Waals surface area contributed by atoms with Crippen LogP contribution in [0.3, 0.4) is 0 Å². The van der Waals surface area contributed by atoms with Gasteiger partial charge in [0.05, 0.1) is 0 Å². The first-order valence-corrected chi connectivity index (χ1v) is 8.64. The van der Waals surface area contributed by atoms with Gasteiger partial charge in [0, 0.05) is 12.1 Å². The number of nitrogens with one attached hydrogen (secondary N) is 1. The van der Waals surface area contributed by atoms with Crippen molar-refractivity contribution < 1.29 is 22.7 Å². The molecule has 2 rings (SSSR count). The molecule has 1 aromatic heterocycles. The average Bonchev–Trinajstić information content (AvgIpc) is 2.96. The average molecular weight is 366 g/mol. The summed E-state index contributed by atoms with van der Waals surface area (Å²) < 4.78 is 31.9. The van der Waals surface area contributed by atoms with E-state index in [1.165, 1.54) is 0 Å². The van der Waals surface area contributed by atoms with Gasteiger partial charge in [-0.3, -0.25) is 0 Å². The van der Waals surface area contributed by atoms with Gasteiger partial charge in [-0.15, -0.1) is 0 Å². The van der Waals surface area contributed by atoms with Gasteiger partial charge in [-0.25, -0.2) is 17.9 Å². The second-order valence-electron chi connectivity index (χ2n) is 5.01. The zero-order chi connectivity index (χ0) is 14.9. The molecule has 0 spiro atoms. The molecule has 1 atom stereocenters. The largest absolute Gasteiger partial charge is 0.475 e. The zero-order valence-corrected chi connectivity index (χ0v) is 13.3. The van der Waals surface area contributed by atoms with Crippen molar-refractivity contribution in [2.24, 2.45) is 5.92 Å². The van der Waals surface area contributed by atoms with E-state index in [2.05, 4.69) is 20.7 Å². The predicted octanol–water partition coefficient (Wildman–Crippen LogP) is 2.60. The minimum atomic E-state index is -3.79. The number of furan rings is 1. The lowest BCUT2D eigenvalue weighted by Crippen LogP contribution is -2.37. The molecule has 8 heteroatoms. The molecule has 1 aliphatic carbocycles. The van der Waals surface area contributed by atoms with Crippen LogP contribution in [0.1, 0.15) is 43.2 Å². The van der Waals surface area contributed by atoms with Crippen LogP contribution in [0.2, 0.25) is 0 Å². The van der Waals surface area contributed by atoms with E-state index in [0.717, 1.165) is 31.7 Å². The van der Waals surface area contributed by atoms with Crippen LogP contribution in [0.15, 0.2) is 20.0 Å². The van der Waals surface area contributed by atoms with Crippen molar-refractivity contribution in [2.75, 3.05) is 0 Å². The second-order valence-corrected chi connectivity index (χ2v) is 7.41. The van der Waals surface area contributed by atoms with Crippen LogP contribution in [0.5, 0.6) is 0 Å². The molecule has 1 saturated carbocycles. The number of carboxylic acids is 1. The summed E-state index contributed by atoms with van der Waals surface area (Å²) in [5.74, 6) is -1.39. The van der Waals surface area contributed by atoms with E-state index in [4.69, 9.17) is 9.52 Å². The van der Waals surface area contributed by atoms with Gasteiger partial charge in [0.2, 0.25) is 15.8 Å². The van der Waals surface area contributed by atoms with Crippen LogP contribution in [-0.4, -0.2) is 25.5 Å². The van der Waals surface area contributed by atoms with Crippen molar-refractivity contribution in [3.05, 3.63) is 16.5 Å². The monoisotopic (exact) mass is 365 g/mol. The highest BCUT2D eigenvalue weighted by atomic mass is 79.9. The van der Waals surface area contributed by atoms with E-state index >= 15 is 0 Å². The predicted molar refractivity (Wildman–Crippen MR) is 75.1 cm³/mol. The summed E-state index contributed by atoms with van der Waals surface area (Å²) in [6.07, 6.45) is 4.26. The normalized spacial score (nSPS) is 18.3. The molecule has 1 aliphatic rings. The molecule has 0 amide bonds. The Morgan fingerprint density at radius 3 is 2.60 bits per heavy atom. The standard InChI is InChI=1S/C12H16BrNO5S/c1-7(8-4-2-3-5-8)14-20(17,18)10-6-9(12(15)16)19-11(10)13/h6-8,14H,2-5H2,1H3,(H,15,16). The highest BCUT2D eigenvalue weighted by Crippen LogP contribution is 2.30. The minimum Gasteiger partial charge on any atom is -0.475 e. The highest BCUT2D eigenvalue weighted by molar-refractivity contribution is 9.10. The second kappa shape index (κ2) is 5.87. The molecule has 1 fully saturated rings. The third kappa shape index (κ3) is 3.24. The fraction of sp³-hybridized carbons (Fsp3) is 0.583. The van der Waals surface area contributed by atoms with Crippen LogP contribution in [0, 0.1) is 5.92 Å². The summed E-state index contributed by atoms with van der Waals surface area (Å²) in [6.45, 7) is 1.83. The molecule has 0 aliphatic heterocycles. The lowest BCUT2D eigenvalue weighted by atomic mass is 10.0. The van der Waals surface area contributed by atoms with E-state index in [9.17, 15) is 13.2 Å². The Balaban J connectivity index is 2.19. The smallest absolute Gasteiger partial charge is 0.371 e. The molecular formula is C12H16BrNO5S. The van der Waals surface area contributed by atoms with Crippen molar-refractivity contribution >= 4 is 31.9 Å². The molecule has 1 aromatic rings. The molecule has 0 bridgehead atoms. The molecule has 0 radical (unpaired) electrons. The van der Waals surface area contributed by atoms with E-state index in [1.807, 2.05) is 6.92 Å². The maximum absolute atomic E-state index is 12.3. The molecule has 0 aromatic carbocycles. The Morgan fingerprint density at radius 2 is 2.10 bits per heavy atom. The Morgan fingerprint density at radius 1 is 1.50 bits per heavy atom. The molecule has 1 heterocycles. The number of hydrogen-bond donors (Lipinski definition) is 2. The quantitative estimate of drug-likeness (QED) is 0.835. The Labute approximate surface area is 125 Å². The molecule has 2 N–H and O–H groups in total. The zero-order valence-electron chi connectivity index (χ0n) is 10.9. The third-order valence-corrected chi connectivity index (χ3v) is 6.02. The minimum absolute atomic E-state index is 0.0963. The van der Waals surface area contributed by atoms with Crippen molar-refractivity contribution in [3.8, 4) is 0 Å². The SMILES string of the molecule is CC(NS(=O)(=O)c1cc(C(=O)O)oc1Br)C1CCCC1. The van der Waals surface area contributed by atoms with E-state index in [0.29, 0.717) is 5.92 Å². The maximum Gasteiger partial charge on any atom is 0.371 e. The van der Waals surface area contributed by atoms with Crippen LogP contribution >= 0.6 is 15.9 Å². The Kier molecular flexibility index (Phi) is 4.55. The first kappa shape index (κ1) is 15.5. The first-order chi connectivity index (χ1) is 9.31. The lowest BCUT2D eigenvalue weighted by Gasteiger charge is -2.19. The van der Waals surface area contributed by atoms with Crippen molar-refractivity contribution in [2.45, 2.75) is 43.5 Å². The molecular weight excluding hydrogens is 350 g/mol. The molecule has 1 unspecified atom stereocenters. The van der Waals surface area contributed by atoms with Gasteiger partial charge in [-0.05, 0) is 41.6 Å². The number of hydrogen-bond acceptors (Lipinski definition) is 4. The van der Waals surface area contributed by atoms with Gasteiger partial charge in [0.25, 0.3) is 0 Å². The molecule has 112 valence electrons. The number of sulfonamides is 1. The van der Waals surface area contributed by atoms with E-state index < -0.39 is 21.8 Å². The van der Waals surface area contributed by atoms with Crippen molar-refractivity contribution in [3.63, 3.8) is 0 Å². The Bertz CT molecular complexity index is 603. The van der Waals surface area contributed by atoms with Crippen LogP contribution < -0.4 is 4.72 Å². The number of carboxylic acid groups (broad SMARTS) is 1. The third-order valence-electron chi connectivity index (χ3n) is 3.60. The van der Waals surface area contributed by atoms with Gasteiger partial charge < -0.3 is 9.52 Å². The fourth-order valence-electron chi connectivity index (χ4n) is 2.50. The number of rotatable bonds is 5. The van der Waals surface area contributed by atoms with Gasteiger partial charge >= 0.3 is 5.97 Å². The highest BCUT2D eigenvalue weighted by Gasteiger charge is 2.29. The van der Waals surface area contributed by atoms with E-state index in [1.54, 1.807) is 0 Å². The summed E-state index contributed by atoms with van der Waals surface area (Å²) in [7, 11) is -3.79. The lowest BCUT2D eigenvalue weighted by molar-refractivity contribution is 0.0661. The van der Waals surface area contributed by atoms with E-state index in [-0.39, 0.29) is 15.6 Å². The summed E-state index contributed by atoms with van der Waals surface area (Å²) in [4.78, 5) is 10.6. The number of aromatic carboxylic acids is 1. The van der Waals surface area contributed by atoms with Crippen LogP contribution in [0.25, 0.3) is 0 Å². The van der Waals surface area contributed by atoms with Crippen LogP contribution in [0.4, 0.5) is 0 Å².